The molecule has 1 heterocycles. The van der Waals surface area contributed by atoms with Gasteiger partial charge in [0.25, 0.3) is 0 Å². The molecule has 0 bridgehead atoms. The molecule has 23 heavy (non-hydrogen) atoms. The summed E-state index contributed by atoms with van der Waals surface area (Å²) in [6.45, 7) is 0. The average Bonchev–Trinajstić information content (AvgIpc) is 2.94. The molecule has 1 aliphatic carbocycles. The second kappa shape index (κ2) is 6.00. The fraction of sp³-hybridized carbons (Fsp3) is 0.250. The number of rotatable bonds is 4. The largest absolute Gasteiger partial charge is 0.618 e. The Morgan fingerprint density at radius 3 is 2.74 bits per heavy atom. The van der Waals surface area contributed by atoms with Crippen LogP contribution in [0.5, 0.6) is 0 Å². The zero-order chi connectivity index (χ0) is 16.4. The number of benzene rings is 1. The van der Waals surface area contributed by atoms with E-state index < -0.39 is 26.5 Å². The van der Waals surface area contributed by atoms with Gasteiger partial charge in [0.1, 0.15) is 5.75 Å². The van der Waals surface area contributed by atoms with E-state index in [9.17, 15) is 18.4 Å². The molecule has 2 aromatic rings. The Bertz CT molecular complexity index is 862. The van der Waals surface area contributed by atoms with Gasteiger partial charge in [-0.25, -0.2) is 8.42 Å². The Hall–Kier alpha value is -2.41. The van der Waals surface area contributed by atoms with Crippen LogP contribution in [-0.2, 0) is 27.5 Å². The Balaban J connectivity index is 1.73. The van der Waals surface area contributed by atoms with Crippen molar-refractivity contribution in [1.82, 2.24) is 0 Å². The van der Waals surface area contributed by atoms with Gasteiger partial charge in [0.2, 0.25) is 15.7 Å². The smallest absolute Gasteiger partial charge is 0.309 e. The number of hydrogen-bond acceptors (Lipinski definition) is 4. The summed E-state index contributed by atoms with van der Waals surface area (Å²) in [4.78, 5) is 12.0. The number of sulfone groups is 1. The van der Waals surface area contributed by atoms with Crippen LogP contribution in [0.15, 0.2) is 47.6 Å². The van der Waals surface area contributed by atoms with E-state index in [-0.39, 0.29) is 4.73 Å². The molecule has 0 spiro atoms. The minimum atomic E-state index is -3.98. The van der Waals surface area contributed by atoms with Gasteiger partial charge in [-0.05, 0) is 48.6 Å². The molecule has 120 valence electrons. The first-order valence-corrected chi connectivity index (χ1v) is 8.93. The van der Waals surface area contributed by atoms with Gasteiger partial charge in [0.15, 0.2) is 6.20 Å². The van der Waals surface area contributed by atoms with Crippen LogP contribution in [0.25, 0.3) is 0 Å². The normalized spacial score (nSPS) is 13.6. The van der Waals surface area contributed by atoms with Crippen molar-refractivity contribution in [2.45, 2.75) is 24.3 Å². The second-order valence-electron chi connectivity index (χ2n) is 5.51. The molecular weight excluding hydrogens is 316 g/mol. The number of amides is 1. The highest BCUT2D eigenvalue weighted by Gasteiger charge is 2.26. The number of nitrogens with zero attached hydrogens (tertiary/aromatic N) is 1. The number of hydrogen-bond donors (Lipinski definition) is 1. The fourth-order valence-electron chi connectivity index (χ4n) is 2.75. The Morgan fingerprint density at radius 2 is 1.96 bits per heavy atom. The van der Waals surface area contributed by atoms with E-state index in [0.717, 1.165) is 25.5 Å². The Labute approximate surface area is 134 Å². The van der Waals surface area contributed by atoms with Gasteiger partial charge >= 0.3 is 5.03 Å². The first kappa shape index (κ1) is 15.5. The first-order valence-electron chi connectivity index (χ1n) is 7.28. The SMILES string of the molecule is O=C(CS(=O)(=O)c1cccc[n+]1[O-])Nc1ccc2c(c1)CCC2. The number of carbonyl (C=O) groups is 1. The van der Waals surface area contributed by atoms with Crippen LogP contribution in [-0.4, -0.2) is 20.1 Å². The van der Waals surface area contributed by atoms with E-state index in [4.69, 9.17) is 0 Å². The predicted octanol–water partition coefficient (Wildman–Crippen LogP) is 1.22. The molecule has 1 N–H and O–H groups in total. The molecule has 1 aromatic heterocycles. The molecule has 3 rings (SSSR count). The van der Waals surface area contributed by atoms with Crippen LogP contribution in [0.4, 0.5) is 5.69 Å². The van der Waals surface area contributed by atoms with Gasteiger partial charge < -0.3 is 10.5 Å². The van der Waals surface area contributed by atoms with Crippen molar-refractivity contribution in [3.05, 3.63) is 58.9 Å². The standard InChI is InChI=1S/C16H16N2O4S/c19-15(11-23(21,22)16-6-1-2-9-18(16)20)17-14-8-7-12-4-3-5-13(12)10-14/h1-2,6-10H,3-5,11H2,(H,17,19). The third-order valence-electron chi connectivity index (χ3n) is 3.81. The quantitative estimate of drug-likeness (QED) is 0.673. The zero-order valence-electron chi connectivity index (χ0n) is 12.4. The van der Waals surface area contributed by atoms with Gasteiger partial charge in [-0.3, -0.25) is 4.79 Å². The lowest BCUT2D eigenvalue weighted by atomic mass is 10.1. The summed E-state index contributed by atoms with van der Waals surface area (Å²) in [6.07, 6.45) is 4.19. The van der Waals surface area contributed by atoms with Crippen LogP contribution in [0.1, 0.15) is 17.5 Å². The molecule has 0 radical (unpaired) electrons. The lowest BCUT2D eigenvalue weighted by Crippen LogP contribution is -2.36. The summed E-state index contributed by atoms with van der Waals surface area (Å²) < 4.78 is 24.6. The number of carbonyl (C=O) groups excluding carboxylic acids is 1. The highest BCUT2D eigenvalue weighted by molar-refractivity contribution is 7.91. The van der Waals surface area contributed by atoms with E-state index in [1.807, 2.05) is 12.1 Å². The van der Waals surface area contributed by atoms with Crippen molar-refractivity contribution in [3.8, 4) is 0 Å². The number of aromatic nitrogens is 1. The molecule has 0 unspecified atom stereocenters. The van der Waals surface area contributed by atoms with Gasteiger partial charge in [0, 0.05) is 17.8 Å². The van der Waals surface area contributed by atoms with Crippen molar-refractivity contribution in [1.29, 1.82) is 0 Å². The first-order chi connectivity index (χ1) is 11.0. The molecule has 1 amide bonds. The van der Waals surface area contributed by atoms with Crippen molar-refractivity contribution >= 4 is 21.4 Å². The van der Waals surface area contributed by atoms with Crippen LogP contribution in [0, 0.1) is 5.21 Å². The number of fused-ring (bicyclic) bond motifs is 1. The lowest BCUT2D eigenvalue weighted by molar-refractivity contribution is -0.646. The van der Waals surface area contributed by atoms with Crippen molar-refractivity contribution in [2.24, 2.45) is 0 Å². The average molecular weight is 332 g/mol. The van der Waals surface area contributed by atoms with E-state index in [0.29, 0.717) is 5.69 Å². The molecule has 0 saturated carbocycles. The third kappa shape index (κ3) is 3.34. The molecule has 0 fully saturated rings. The van der Waals surface area contributed by atoms with E-state index in [1.54, 1.807) is 6.07 Å². The van der Waals surface area contributed by atoms with Gasteiger partial charge in [0.05, 0.1) is 0 Å². The van der Waals surface area contributed by atoms with Crippen LogP contribution in [0.2, 0.25) is 0 Å². The zero-order valence-corrected chi connectivity index (χ0v) is 13.2. The van der Waals surface area contributed by atoms with Gasteiger partial charge in [-0.15, -0.1) is 0 Å². The highest BCUT2D eigenvalue weighted by atomic mass is 32.2. The van der Waals surface area contributed by atoms with Crippen molar-refractivity contribution in [3.63, 3.8) is 0 Å². The molecule has 0 aliphatic heterocycles. The number of nitrogens with one attached hydrogen (secondary N) is 1. The minimum Gasteiger partial charge on any atom is -0.618 e. The minimum absolute atomic E-state index is 0.248. The predicted molar refractivity (Wildman–Crippen MR) is 84.6 cm³/mol. The van der Waals surface area contributed by atoms with E-state index in [1.165, 1.54) is 29.3 Å². The maximum atomic E-state index is 12.2. The monoisotopic (exact) mass is 332 g/mol. The van der Waals surface area contributed by atoms with Crippen molar-refractivity contribution in [2.75, 3.05) is 11.1 Å². The molecule has 6 nitrogen and oxygen atoms in total. The maximum absolute atomic E-state index is 12.2. The lowest BCUT2D eigenvalue weighted by Gasteiger charge is -2.08. The van der Waals surface area contributed by atoms with E-state index >= 15 is 0 Å². The molecule has 1 aromatic carbocycles. The second-order valence-corrected chi connectivity index (χ2v) is 7.45. The Morgan fingerprint density at radius 1 is 1.17 bits per heavy atom. The molecule has 7 heteroatoms. The van der Waals surface area contributed by atoms with Gasteiger partial charge in [-0.1, -0.05) is 6.07 Å². The molecular formula is C16H16N2O4S. The van der Waals surface area contributed by atoms with Crippen LogP contribution in [0.3, 0.4) is 0 Å². The summed E-state index contributed by atoms with van der Waals surface area (Å²) in [5.41, 5.74) is 3.03. The molecule has 0 saturated heterocycles. The molecule has 1 aliphatic rings. The fourth-order valence-corrected chi connectivity index (χ4v) is 3.93. The Kier molecular flexibility index (Phi) is 4.04. The summed E-state index contributed by atoms with van der Waals surface area (Å²) in [5.74, 6) is -1.43. The van der Waals surface area contributed by atoms with Gasteiger partial charge in [-0.2, -0.15) is 4.73 Å². The third-order valence-corrected chi connectivity index (χ3v) is 5.41. The van der Waals surface area contributed by atoms with Crippen molar-refractivity contribution < 1.29 is 17.9 Å². The van der Waals surface area contributed by atoms with E-state index in [2.05, 4.69) is 5.32 Å². The van der Waals surface area contributed by atoms with Crippen LogP contribution >= 0.6 is 0 Å². The number of pyridine rings is 1. The number of aryl methyl sites for hydroxylation is 2. The highest BCUT2D eigenvalue weighted by Crippen LogP contribution is 2.24. The molecule has 0 atom stereocenters. The summed E-state index contributed by atoms with van der Waals surface area (Å²) in [5, 5.41) is 13.7. The summed E-state index contributed by atoms with van der Waals surface area (Å²) in [7, 11) is -3.98. The maximum Gasteiger partial charge on any atom is 0.309 e. The topological polar surface area (TPSA) is 90.2 Å². The summed E-state index contributed by atoms with van der Waals surface area (Å²) in [6, 6.07) is 9.66. The summed E-state index contributed by atoms with van der Waals surface area (Å²) >= 11 is 0. The number of anilines is 1. The van der Waals surface area contributed by atoms with Crippen LogP contribution < -0.4 is 10.0 Å².